The fourth-order valence-corrected chi connectivity index (χ4v) is 3.14. The van der Waals surface area contributed by atoms with Crippen LogP contribution in [0.1, 0.15) is 36.3 Å². The number of ether oxygens (including phenoxy) is 1. The summed E-state index contributed by atoms with van der Waals surface area (Å²) in [5.74, 6) is 0.592. The molecule has 0 N–H and O–H groups in total. The molecule has 146 valence electrons. The fraction of sp³-hybridized carbons (Fsp3) is 0.318. The Balaban J connectivity index is 1.91. The maximum Gasteiger partial charge on any atom is 0.274 e. The number of nitrogens with zero attached hydrogens (tertiary/aromatic N) is 3. The van der Waals surface area contributed by atoms with E-state index in [0.717, 1.165) is 17.7 Å². The highest BCUT2D eigenvalue weighted by atomic mass is 16.5. The Hall–Kier alpha value is -3.15. The molecular formula is C22H25N3O3. The normalized spacial score (nSPS) is 10.8. The van der Waals surface area contributed by atoms with E-state index in [1.165, 1.54) is 4.68 Å². The summed E-state index contributed by atoms with van der Waals surface area (Å²) in [5.41, 5.74) is 1.13. The van der Waals surface area contributed by atoms with Crippen LogP contribution in [0.3, 0.4) is 0 Å². The Bertz CT molecular complexity index is 1030. The predicted molar refractivity (Wildman–Crippen MR) is 110 cm³/mol. The molecule has 0 unspecified atom stereocenters. The lowest BCUT2D eigenvalue weighted by Crippen LogP contribution is -2.31. The highest BCUT2D eigenvalue weighted by Gasteiger charge is 2.20. The SMILES string of the molecule is CCCn1nc(C(=O)N(C)Cc2ccc(OCC)cc2)c2ccccc2c1=O. The third-order valence-electron chi connectivity index (χ3n) is 4.51. The van der Waals surface area contributed by atoms with Gasteiger partial charge in [0.05, 0.1) is 12.0 Å². The van der Waals surface area contributed by atoms with Crippen LogP contribution in [0, 0.1) is 0 Å². The van der Waals surface area contributed by atoms with Crippen molar-refractivity contribution in [2.75, 3.05) is 13.7 Å². The second kappa shape index (κ2) is 8.69. The van der Waals surface area contributed by atoms with Crippen LogP contribution < -0.4 is 10.3 Å². The molecule has 0 saturated carbocycles. The number of aryl methyl sites for hydroxylation is 1. The van der Waals surface area contributed by atoms with Crippen LogP contribution in [0.5, 0.6) is 5.75 Å². The summed E-state index contributed by atoms with van der Waals surface area (Å²) in [6.45, 7) is 5.45. The number of carbonyl (C=O) groups is 1. The lowest BCUT2D eigenvalue weighted by Gasteiger charge is -2.19. The molecule has 1 heterocycles. The molecular weight excluding hydrogens is 354 g/mol. The minimum absolute atomic E-state index is 0.164. The van der Waals surface area contributed by atoms with E-state index in [4.69, 9.17) is 4.74 Å². The number of hydrogen-bond acceptors (Lipinski definition) is 4. The molecule has 0 atom stereocenters. The minimum Gasteiger partial charge on any atom is -0.494 e. The van der Waals surface area contributed by atoms with Gasteiger partial charge in [0.15, 0.2) is 5.69 Å². The van der Waals surface area contributed by atoms with Crippen molar-refractivity contribution in [3.05, 3.63) is 70.1 Å². The summed E-state index contributed by atoms with van der Waals surface area (Å²) in [6, 6.07) is 14.8. The van der Waals surface area contributed by atoms with Crippen molar-refractivity contribution in [3.8, 4) is 5.75 Å². The van der Waals surface area contributed by atoms with E-state index in [0.29, 0.717) is 36.2 Å². The third kappa shape index (κ3) is 4.06. The van der Waals surface area contributed by atoms with Crippen molar-refractivity contribution in [3.63, 3.8) is 0 Å². The molecule has 0 bridgehead atoms. The van der Waals surface area contributed by atoms with Crippen molar-refractivity contribution in [1.82, 2.24) is 14.7 Å². The second-order valence-electron chi connectivity index (χ2n) is 6.66. The molecule has 0 aliphatic carbocycles. The molecule has 6 heteroatoms. The van der Waals surface area contributed by atoms with Gasteiger partial charge < -0.3 is 9.64 Å². The number of carbonyl (C=O) groups excluding carboxylic acids is 1. The number of amides is 1. The van der Waals surface area contributed by atoms with Crippen LogP contribution in [0.4, 0.5) is 0 Å². The number of benzene rings is 2. The summed E-state index contributed by atoms with van der Waals surface area (Å²) < 4.78 is 6.84. The Morgan fingerprint density at radius 1 is 1.07 bits per heavy atom. The largest absolute Gasteiger partial charge is 0.494 e. The van der Waals surface area contributed by atoms with Gasteiger partial charge in [0, 0.05) is 25.5 Å². The van der Waals surface area contributed by atoms with Crippen LogP contribution in [0.15, 0.2) is 53.3 Å². The van der Waals surface area contributed by atoms with Gasteiger partial charge in [0.2, 0.25) is 0 Å². The predicted octanol–water partition coefficient (Wildman–Crippen LogP) is 3.48. The molecule has 0 radical (unpaired) electrons. The van der Waals surface area contributed by atoms with Crippen LogP contribution in [0.2, 0.25) is 0 Å². The summed E-state index contributed by atoms with van der Waals surface area (Å²) in [4.78, 5) is 27.3. The molecule has 1 amide bonds. The number of hydrogen-bond donors (Lipinski definition) is 0. The molecule has 1 aromatic heterocycles. The average Bonchev–Trinajstić information content (AvgIpc) is 2.71. The van der Waals surface area contributed by atoms with Crippen molar-refractivity contribution >= 4 is 16.7 Å². The lowest BCUT2D eigenvalue weighted by molar-refractivity contribution is 0.0778. The summed E-state index contributed by atoms with van der Waals surface area (Å²) in [6.07, 6.45) is 0.765. The first-order valence-electron chi connectivity index (χ1n) is 9.52. The Labute approximate surface area is 164 Å². The van der Waals surface area contributed by atoms with Gasteiger partial charge in [-0.05, 0) is 37.1 Å². The zero-order valence-corrected chi connectivity index (χ0v) is 16.5. The van der Waals surface area contributed by atoms with Crippen LogP contribution in [-0.4, -0.2) is 34.2 Å². The van der Waals surface area contributed by atoms with Gasteiger partial charge in [0.1, 0.15) is 5.75 Å². The smallest absolute Gasteiger partial charge is 0.274 e. The quantitative estimate of drug-likeness (QED) is 0.630. The zero-order valence-electron chi connectivity index (χ0n) is 16.5. The maximum atomic E-state index is 13.1. The van der Waals surface area contributed by atoms with Crippen LogP contribution >= 0.6 is 0 Å². The van der Waals surface area contributed by atoms with E-state index in [1.807, 2.05) is 44.2 Å². The fourth-order valence-electron chi connectivity index (χ4n) is 3.14. The first kappa shape index (κ1) is 19.6. The first-order chi connectivity index (χ1) is 13.5. The zero-order chi connectivity index (χ0) is 20.1. The van der Waals surface area contributed by atoms with E-state index >= 15 is 0 Å². The van der Waals surface area contributed by atoms with E-state index < -0.39 is 0 Å². The van der Waals surface area contributed by atoms with E-state index in [-0.39, 0.29) is 11.5 Å². The van der Waals surface area contributed by atoms with Gasteiger partial charge in [-0.15, -0.1) is 0 Å². The first-order valence-corrected chi connectivity index (χ1v) is 9.52. The summed E-state index contributed by atoms with van der Waals surface area (Å²) >= 11 is 0. The molecule has 0 fully saturated rings. The average molecular weight is 379 g/mol. The number of aromatic nitrogens is 2. The van der Waals surface area contributed by atoms with Gasteiger partial charge in [-0.2, -0.15) is 5.10 Å². The Kier molecular flexibility index (Phi) is 6.09. The summed E-state index contributed by atoms with van der Waals surface area (Å²) in [7, 11) is 1.74. The number of rotatable bonds is 7. The van der Waals surface area contributed by atoms with Crippen LogP contribution in [0.25, 0.3) is 10.8 Å². The molecule has 6 nitrogen and oxygen atoms in total. The van der Waals surface area contributed by atoms with Gasteiger partial charge in [-0.3, -0.25) is 9.59 Å². The van der Waals surface area contributed by atoms with Gasteiger partial charge in [-0.25, -0.2) is 4.68 Å². The standard InChI is InChI=1S/C22H25N3O3/c1-4-14-25-21(26)19-9-7-6-8-18(19)20(23-25)22(27)24(3)15-16-10-12-17(13-11-16)28-5-2/h6-13H,4-5,14-15H2,1-3H3. The third-order valence-corrected chi connectivity index (χ3v) is 4.51. The van der Waals surface area contributed by atoms with Gasteiger partial charge >= 0.3 is 0 Å². The van der Waals surface area contributed by atoms with Crippen LogP contribution in [-0.2, 0) is 13.1 Å². The van der Waals surface area contributed by atoms with Crippen molar-refractivity contribution in [2.24, 2.45) is 0 Å². The van der Waals surface area contributed by atoms with E-state index in [9.17, 15) is 9.59 Å². The molecule has 28 heavy (non-hydrogen) atoms. The molecule has 3 rings (SSSR count). The molecule has 3 aromatic rings. The monoisotopic (exact) mass is 379 g/mol. The summed E-state index contributed by atoms with van der Waals surface area (Å²) in [5, 5.41) is 5.49. The topological polar surface area (TPSA) is 64.4 Å². The minimum atomic E-state index is -0.213. The molecule has 0 aliphatic rings. The highest BCUT2D eigenvalue weighted by molar-refractivity contribution is 6.04. The second-order valence-corrected chi connectivity index (χ2v) is 6.66. The molecule has 2 aromatic carbocycles. The Morgan fingerprint density at radius 2 is 1.75 bits per heavy atom. The molecule has 0 spiro atoms. The molecule has 0 aliphatic heterocycles. The van der Waals surface area contributed by atoms with Crippen molar-refractivity contribution in [2.45, 2.75) is 33.4 Å². The van der Waals surface area contributed by atoms with Gasteiger partial charge in [0.25, 0.3) is 11.5 Å². The van der Waals surface area contributed by atoms with E-state index in [1.54, 1.807) is 30.1 Å². The highest BCUT2D eigenvalue weighted by Crippen LogP contribution is 2.17. The van der Waals surface area contributed by atoms with Crippen molar-refractivity contribution < 1.29 is 9.53 Å². The van der Waals surface area contributed by atoms with Gasteiger partial charge in [-0.1, -0.05) is 37.3 Å². The molecule has 0 saturated heterocycles. The maximum absolute atomic E-state index is 13.1. The van der Waals surface area contributed by atoms with E-state index in [2.05, 4.69) is 5.10 Å². The Morgan fingerprint density at radius 3 is 2.39 bits per heavy atom. The van der Waals surface area contributed by atoms with Crippen molar-refractivity contribution in [1.29, 1.82) is 0 Å². The number of fused-ring (bicyclic) bond motifs is 1. The lowest BCUT2D eigenvalue weighted by atomic mass is 10.1.